The van der Waals surface area contributed by atoms with Crippen LogP contribution in [0.2, 0.25) is 0 Å². The molecular weight excluding hydrogens is 312 g/mol. The number of rotatable bonds is 4. The second kappa shape index (κ2) is 6.50. The predicted octanol–water partition coefficient (Wildman–Crippen LogP) is 2.59. The molecule has 6 heteroatoms. The summed E-state index contributed by atoms with van der Waals surface area (Å²) >= 11 is 1.53. The molecule has 1 atom stereocenters. The number of aryl methyl sites for hydroxylation is 1. The van der Waals surface area contributed by atoms with Crippen molar-refractivity contribution in [2.24, 2.45) is 5.92 Å². The molecule has 1 aromatic carbocycles. The lowest BCUT2D eigenvalue weighted by atomic mass is 10.1. The molecule has 3 rings (SSSR count). The zero-order valence-electron chi connectivity index (χ0n) is 12.9. The van der Waals surface area contributed by atoms with Crippen LogP contribution < -0.4 is 0 Å². The zero-order chi connectivity index (χ0) is 16.4. The number of aromatic nitrogens is 1. The zero-order valence-corrected chi connectivity index (χ0v) is 13.7. The second-order valence-electron chi connectivity index (χ2n) is 5.85. The quantitative estimate of drug-likeness (QED) is 0.935. The number of carbonyl (C=O) groups is 2. The standard InChI is InChI=1S/C17H18N2O3S/c1-11-3-2-4-12(7-11)16-18-14(10-23-16)8-15(20)19-6-5-13(9-19)17(21)22/h2-4,7,10,13H,5-6,8-9H2,1H3,(H,21,22). The largest absolute Gasteiger partial charge is 0.481 e. The van der Waals surface area contributed by atoms with Crippen molar-refractivity contribution >= 4 is 23.2 Å². The molecule has 1 N–H and O–H groups in total. The molecule has 1 amide bonds. The molecule has 2 aromatic rings. The Morgan fingerprint density at radius 2 is 2.26 bits per heavy atom. The van der Waals surface area contributed by atoms with Crippen molar-refractivity contribution in [1.82, 2.24) is 9.88 Å². The Hall–Kier alpha value is -2.21. The molecule has 0 bridgehead atoms. The average Bonchev–Trinajstić information content (AvgIpc) is 3.16. The molecule has 0 aliphatic carbocycles. The molecule has 0 radical (unpaired) electrons. The number of carbonyl (C=O) groups excluding carboxylic acids is 1. The van der Waals surface area contributed by atoms with E-state index in [2.05, 4.69) is 11.1 Å². The van der Waals surface area contributed by atoms with Gasteiger partial charge in [-0.3, -0.25) is 9.59 Å². The van der Waals surface area contributed by atoms with Gasteiger partial charge in [0.2, 0.25) is 5.91 Å². The van der Waals surface area contributed by atoms with Crippen LogP contribution in [0, 0.1) is 12.8 Å². The van der Waals surface area contributed by atoms with Gasteiger partial charge in [0.15, 0.2) is 0 Å². The summed E-state index contributed by atoms with van der Waals surface area (Å²) in [5.41, 5.74) is 2.98. The first-order valence-corrected chi connectivity index (χ1v) is 8.43. The number of benzene rings is 1. The Balaban J connectivity index is 1.65. The number of amides is 1. The molecule has 0 saturated carbocycles. The maximum Gasteiger partial charge on any atom is 0.308 e. The van der Waals surface area contributed by atoms with Gasteiger partial charge >= 0.3 is 5.97 Å². The molecule has 1 fully saturated rings. The Kier molecular flexibility index (Phi) is 4.43. The van der Waals surface area contributed by atoms with Gasteiger partial charge in [0.05, 0.1) is 18.0 Å². The molecule has 5 nitrogen and oxygen atoms in total. The molecule has 1 saturated heterocycles. The van der Waals surface area contributed by atoms with Crippen molar-refractivity contribution in [2.75, 3.05) is 13.1 Å². The molecular formula is C17H18N2O3S. The highest BCUT2D eigenvalue weighted by Gasteiger charge is 2.30. The van der Waals surface area contributed by atoms with Crippen LogP contribution in [0.5, 0.6) is 0 Å². The highest BCUT2D eigenvalue weighted by molar-refractivity contribution is 7.13. The van der Waals surface area contributed by atoms with Crippen molar-refractivity contribution in [3.8, 4) is 10.6 Å². The lowest BCUT2D eigenvalue weighted by Gasteiger charge is -2.14. The van der Waals surface area contributed by atoms with Gasteiger partial charge in [-0.2, -0.15) is 0 Å². The maximum atomic E-state index is 12.3. The van der Waals surface area contributed by atoms with Gasteiger partial charge in [-0.15, -0.1) is 11.3 Å². The van der Waals surface area contributed by atoms with Crippen molar-refractivity contribution < 1.29 is 14.7 Å². The van der Waals surface area contributed by atoms with E-state index in [0.29, 0.717) is 19.5 Å². The average molecular weight is 330 g/mol. The molecule has 1 aromatic heterocycles. The summed E-state index contributed by atoms with van der Waals surface area (Å²) < 4.78 is 0. The fourth-order valence-electron chi connectivity index (χ4n) is 2.75. The van der Waals surface area contributed by atoms with Crippen LogP contribution in [-0.2, 0) is 16.0 Å². The Morgan fingerprint density at radius 3 is 2.96 bits per heavy atom. The van der Waals surface area contributed by atoms with Gasteiger partial charge in [-0.05, 0) is 19.4 Å². The summed E-state index contributed by atoms with van der Waals surface area (Å²) in [7, 11) is 0. The van der Waals surface area contributed by atoms with E-state index in [4.69, 9.17) is 5.11 Å². The summed E-state index contributed by atoms with van der Waals surface area (Å²) in [5.74, 6) is -1.30. The summed E-state index contributed by atoms with van der Waals surface area (Å²) in [6.07, 6.45) is 0.765. The number of aliphatic carboxylic acids is 1. The van der Waals surface area contributed by atoms with Gasteiger partial charge in [-0.1, -0.05) is 23.8 Å². The van der Waals surface area contributed by atoms with Gasteiger partial charge in [0.25, 0.3) is 0 Å². The van der Waals surface area contributed by atoms with Crippen LogP contribution >= 0.6 is 11.3 Å². The number of carboxylic acids is 1. The first kappa shape index (κ1) is 15.7. The normalized spacial score (nSPS) is 17.4. The van der Waals surface area contributed by atoms with Gasteiger partial charge in [0, 0.05) is 24.0 Å². The first-order chi connectivity index (χ1) is 11.0. The van der Waals surface area contributed by atoms with Crippen molar-refractivity contribution in [2.45, 2.75) is 19.8 Å². The van der Waals surface area contributed by atoms with E-state index >= 15 is 0 Å². The number of hydrogen-bond acceptors (Lipinski definition) is 4. The number of likely N-dealkylation sites (tertiary alicyclic amines) is 1. The number of thiazole rings is 1. The Bertz CT molecular complexity index is 741. The fraction of sp³-hybridized carbons (Fsp3) is 0.353. The van der Waals surface area contributed by atoms with Gasteiger partial charge in [0.1, 0.15) is 5.01 Å². The summed E-state index contributed by atoms with van der Waals surface area (Å²) in [4.78, 5) is 29.4. The minimum atomic E-state index is -0.823. The lowest BCUT2D eigenvalue weighted by Crippen LogP contribution is -2.31. The van der Waals surface area contributed by atoms with Crippen molar-refractivity contribution in [3.63, 3.8) is 0 Å². The Morgan fingerprint density at radius 1 is 1.43 bits per heavy atom. The van der Waals surface area contributed by atoms with Crippen LogP contribution in [0.3, 0.4) is 0 Å². The second-order valence-corrected chi connectivity index (χ2v) is 6.71. The highest BCUT2D eigenvalue weighted by atomic mass is 32.1. The summed E-state index contributed by atoms with van der Waals surface area (Å²) in [6.45, 7) is 2.86. The lowest BCUT2D eigenvalue weighted by molar-refractivity contribution is -0.141. The smallest absolute Gasteiger partial charge is 0.308 e. The third-order valence-electron chi connectivity index (χ3n) is 4.04. The number of carboxylic acid groups (broad SMARTS) is 1. The maximum absolute atomic E-state index is 12.3. The molecule has 23 heavy (non-hydrogen) atoms. The Labute approximate surface area is 138 Å². The molecule has 1 unspecified atom stereocenters. The topological polar surface area (TPSA) is 70.5 Å². The minimum absolute atomic E-state index is 0.0464. The molecule has 1 aliphatic heterocycles. The van der Waals surface area contributed by atoms with Crippen molar-refractivity contribution in [1.29, 1.82) is 0 Å². The van der Waals surface area contributed by atoms with E-state index in [1.54, 1.807) is 4.90 Å². The van der Waals surface area contributed by atoms with Crippen LogP contribution in [0.4, 0.5) is 0 Å². The van der Waals surface area contributed by atoms with Crippen LogP contribution in [-0.4, -0.2) is 40.0 Å². The monoisotopic (exact) mass is 330 g/mol. The number of hydrogen-bond donors (Lipinski definition) is 1. The van der Waals surface area contributed by atoms with E-state index < -0.39 is 11.9 Å². The van der Waals surface area contributed by atoms with Gasteiger partial charge in [-0.25, -0.2) is 4.98 Å². The third-order valence-corrected chi connectivity index (χ3v) is 4.98. The summed E-state index contributed by atoms with van der Waals surface area (Å²) in [6, 6.07) is 8.11. The van der Waals surface area contributed by atoms with Crippen LogP contribution in [0.15, 0.2) is 29.6 Å². The summed E-state index contributed by atoms with van der Waals surface area (Å²) in [5, 5.41) is 11.8. The van der Waals surface area contributed by atoms with E-state index in [9.17, 15) is 9.59 Å². The minimum Gasteiger partial charge on any atom is -0.481 e. The molecule has 2 heterocycles. The first-order valence-electron chi connectivity index (χ1n) is 7.55. The highest BCUT2D eigenvalue weighted by Crippen LogP contribution is 2.25. The van der Waals surface area contributed by atoms with E-state index in [-0.39, 0.29) is 12.3 Å². The molecule has 120 valence electrons. The van der Waals surface area contributed by atoms with E-state index in [1.165, 1.54) is 16.9 Å². The van der Waals surface area contributed by atoms with Gasteiger partial charge < -0.3 is 10.0 Å². The predicted molar refractivity (Wildman–Crippen MR) is 88.3 cm³/mol. The SMILES string of the molecule is Cc1cccc(-c2nc(CC(=O)N3CCC(C(=O)O)C3)cs2)c1. The fourth-order valence-corrected chi connectivity index (χ4v) is 3.57. The van der Waals surface area contributed by atoms with Crippen molar-refractivity contribution in [3.05, 3.63) is 40.9 Å². The van der Waals surface area contributed by atoms with Crippen LogP contribution in [0.1, 0.15) is 17.7 Å². The third kappa shape index (κ3) is 3.59. The van der Waals surface area contributed by atoms with E-state index in [1.807, 2.05) is 30.5 Å². The molecule has 1 aliphatic rings. The number of nitrogens with zero attached hydrogens (tertiary/aromatic N) is 2. The van der Waals surface area contributed by atoms with Crippen LogP contribution in [0.25, 0.3) is 10.6 Å². The van der Waals surface area contributed by atoms with E-state index in [0.717, 1.165) is 16.3 Å². The molecule has 0 spiro atoms.